The van der Waals surface area contributed by atoms with Gasteiger partial charge in [0.05, 0.1) is 24.4 Å². The van der Waals surface area contributed by atoms with Crippen LogP contribution in [0.1, 0.15) is 28.8 Å². The summed E-state index contributed by atoms with van der Waals surface area (Å²) < 4.78 is 30.5. The Bertz CT molecular complexity index is 1450. The Kier molecular flexibility index (Phi) is 5.74. The lowest BCUT2D eigenvalue weighted by molar-refractivity contribution is 0.0699. The molecule has 2 aromatic carbocycles. The summed E-state index contributed by atoms with van der Waals surface area (Å²) in [4.78, 5) is 23.7. The number of carbonyl (C=O) groups is 1. The van der Waals surface area contributed by atoms with Crippen LogP contribution < -0.4 is 4.74 Å². The Morgan fingerprint density at radius 2 is 1.77 bits per heavy atom. The molecule has 9 heteroatoms. The molecule has 0 atom stereocenters. The van der Waals surface area contributed by atoms with E-state index in [-0.39, 0.29) is 19.0 Å². The number of rotatable bonds is 5. The molecule has 5 rings (SSSR count). The van der Waals surface area contributed by atoms with Crippen LogP contribution in [-0.2, 0) is 15.6 Å². The quantitative estimate of drug-likeness (QED) is 0.511. The van der Waals surface area contributed by atoms with Crippen LogP contribution in [0.2, 0.25) is 0 Å². The summed E-state index contributed by atoms with van der Waals surface area (Å²) in [7, 11) is -1.69. The molecule has 35 heavy (non-hydrogen) atoms. The van der Waals surface area contributed by atoms with E-state index >= 15 is 0 Å². The summed E-state index contributed by atoms with van der Waals surface area (Å²) in [6, 6.07) is 13.5. The smallest absolute Gasteiger partial charge is 0.258 e. The molecule has 1 aliphatic heterocycles. The van der Waals surface area contributed by atoms with Crippen LogP contribution in [0.15, 0.2) is 48.7 Å². The Labute approximate surface area is 205 Å². The van der Waals surface area contributed by atoms with Gasteiger partial charge in [-0.3, -0.25) is 9.78 Å². The second-order valence-electron chi connectivity index (χ2n) is 9.10. The van der Waals surface area contributed by atoms with E-state index in [0.717, 1.165) is 34.9 Å². The lowest BCUT2D eigenvalue weighted by Gasteiger charge is -2.33. The molecule has 1 aliphatic carbocycles. The fraction of sp³-hybridized carbons (Fsp3) is 0.346. The molecule has 2 aliphatic rings. The van der Waals surface area contributed by atoms with E-state index in [1.807, 2.05) is 42.5 Å². The molecule has 1 amide bonds. The van der Waals surface area contributed by atoms with Crippen molar-refractivity contribution in [1.29, 1.82) is 0 Å². The number of ether oxygens (including phenoxy) is 1. The number of aromatic nitrogens is 1. The van der Waals surface area contributed by atoms with Gasteiger partial charge < -0.3 is 14.5 Å². The number of carbonyl (C=O) groups excluding carboxylic acids is 1. The number of methoxy groups -OCH3 is 1. The van der Waals surface area contributed by atoms with Gasteiger partial charge in [0.15, 0.2) is 0 Å². The highest BCUT2D eigenvalue weighted by Crippen LogP contribution is 2.50. The SMILES string of the molecule is [C-]#[N+]C1(c2ccc(-c3c(C(=O)N4CCN(S(C)(=O)=O)CC4)cnc4cc(OC)ccc34)cc2)CC1. The van der Waals surface area contributed by atoms with Crippen molar-refractivity contribution < 1.29 is 17.9 Å². The van der Waals surface area contributed by atoms with Crippen molar-refractivity contribution in [3.05, 3.63) is 71.2 Å². The molecule has 0 unspecified atom stereocenters. The van der Waals surface area contributed by atoms with Gasteiger partial charge in [-0.2, -0.15) is 4.31 Å². The van der Waals surface area contributed by atoms with Gasteiger partial charge in [0.25, 0.3) is 11.4 Å². The number of nitrogens with zero attached hydrogens (tertiary/aromatic N) is 4. The lowest BCUT2D eigenvalue weighted by atomic mass is 9.93. The van der Waals surface area contributed by atoms with E-state index in [9.17, 15) is 13.2 Å². The number of sulfonamides is 1. The minimum atomic E-state index is -3.29. The molecule has 3 aromatic rings. The highest BCUT2D eigenvalue weighted by Gasteiger charge is 2.52. The highest BCUT2D eigenvalue weighted by atomic mass is 32.2. The zero-order valence-electron chi connectivity index (χ0n) is 19.7. The summed E-state index contributed by atoms with van der Waals surface area (Å²) in [5, 5.41) is 0.825. The van der Waals surface area contributed by atoms with Crippen molar-refractivity contribution in [2.75, 3.05) is 39.5 Å². The Hall–Kier alpha value is -3.48. The summed E-state index contributed by atoms with van der Waals surface area (Å²) in [5.41, 5.74) is 3.42. The van der Waals surface area contributed by atoms with Crippen LogP contribution in [0.3, 0.4) is 0 Å². The molecule has 0 radical (unpaired) electrons. The van der Waals surface area contributed by atoms with Gasteiger partial charge in [0.1, 0.15) is 5.75 Å². The van der Waals surface area contributed by atoms with Crippen LogP contribution in [0.5, 0.6) is 5.75 Å². The van der Waals surface area contributed by atoms with Gasteiger partial charge in [0, 0.05) is 67.8 Å². The minimum absolute atomic E-state index is 0.178. The topological polar surface area (TPSA) is 84.2 Å². The fourth-order valence-corrected chi connectivity index (χ4v) is 5.52. The molecule has 1 saturated heterocycles. The van der Waals surface area contributed by atoms with Crippen LogP contribution in [-0.4, -0.2) is 68.1 Å². The maximum Gasteiger partial charge on any atom is 0.258 e. The van der Waals surface area contributed by atoms with Gasteiger partial charge in [-0.15, -0.1) is 0 Å². The maximum absolute atomic E-state index is 13.7. The van der Waals surface area contributed by atoms with Gasteiger partial charge >= 0.3 is 0 Å². The first-order valence-electron chi connectivity index (χ1n) is 11.5. The number of benzene rings is 2. The normalized spacial score (nSPS) is 17.7. The molecule has 0 spiro atoms. The predicted molar refractivity (Wildman–Crippen MR) is 134 cm³/mol. The molecule has 1 saturated carbocycles. The Balaban J connectivity index is 1.56. The number of piperazine rings is 1. The van der Waals surface area contributed by atoms with Crippen molar-refractivity contribution in [2.24, 2.45) is 0 Å². The summed E-state index contributed by atoms with van der Waals surface area (Å²) in [6.45, 7) is 8.71. The van der Waals surface area contributed by atoms with Crippen LogP contribution in [0.25, 0.3) is 26.9 Å². The summed E-state index contributed by atoms with van der Waals surface area (Å²) >= 11 is 0. The van der Waals surface area contributed by atoms with Crippen LogP contribution in [0.4, 0.5) is 0 Å². The minimum Gasteiger partial charge on any atom is -0.497 e. The lowest BCUT2D eigenvalue weighted by Crippen LogP contribution is -2.50. The molecular formula is C26H26N4O4S. The second-order valence-corrected chi connectivity index (χ2v) is 11.1. The number of amides is 1. The second kappa shape index (κ2) is 8.63. The molecule has 0 bridgehead atoms. The van der Waals surface area contributed by atoms with Crippen LogP contribution >= 0.6 is 0 Å². The van der Waals surface area contributed by atoms with E-state index in [4.69, 9.17) is 11.3 Å². The molecule has 0 N–H and O–H groups in total. The predicted octanol–water partition coefficient (Wildman–Crippen LogP) is 3.54. The zero-order valence-corrected chi connectivity index (χ0v) is 20.5. The molecule has 180 valence electrons. The Morgan fingerprint density at radius 3 is 2.34 bits per heavy atom. The first-order valence-corrected chi connectivity index (χ1v) is 13.3. The average Bonchev–Trinajstić information content (AvgIpc) is 3.68. The summed E-state index contributed by atoms with van der Waals surface area (Å²) in [6.07, 6.45) is 4.53. The first kappa shape index (κ1) is 23.3. The molecular weight excluding hydrogens is 464 g/mol. The van der Waals surface area contributed by atoms with Gasteiger partial charge in [-0.25, -0.2) is 15.0 Å². The third-order valence-corrected chi connectivity index (χ3v) is 8.25. The average molecular weight is 491 g/mol. The van der Waals surface area contributed by atoms with E-state index in [1.165, 1.54) is 10.6 Å². The van der Waals surface area contributed by atoms with Crippen molar-refractivity contribution in [1.82, 2.24) is 14.2 Å². The number of fused-ring (bicyclic) bond motifs is 1. The van der Waals surface area contributed by atoms with E-state index in [0.29, 0.717) is 29.9 Å². The van der Waals surface area contributed by atoms with Crippen LogP contribution in [0, 0.1) is 6.57 Å². The third kappa shape index (κ3) is 4.24. The number of pyridine rings is 1. The number of hydrogen-bond donors (Lipinski definition) is 0. The van der Waals surface area contributed by atoms with Crippen molar-refractivity contribution in [3.8, 4) is 16.9 Å². The van der Waals surface area contributed by atoms with Crippen molar-refractivity contribution in [2.45, 2.75) is 18.4 Å². The highest BCUT2D eigenvalue weighted by molar-refractivity contribution is 7.88. The summed E-state index contributed by atoms with van der Waals surface area (Å²) in [5.74, 6) is 0.497. The third-order valence-electron chi connectivity index (χ3n) is 6.95. The molecule has 2 heterocycles. The van der Waals surface area contributed by atoms with Gasteiger partial charge in [0.2, 0.25) is 10.0 Å². The maximum atomic E-state index is 13.7. The van der Waals surface area contributed by atoms with Crippen molar-refractivity contribution >= 4 is 26.8 Å². The van der Waals surface area contributed by atoms with Gasteiger partial charge in [-0.1, -0.05) is 24.3 Å². The first-order chi connectivity index (χ1) is 16.8. The Morgan fingerprint density at radius 1 is 1.09 bits per heavy atom. The standard InChI is InChI=1S/C26H26N4O4S/c1-27-26(10-11-26)19-6-4-18(5-7-19)24-21-9-8-20(34-2)16-23(21)28-17-22(24)25(31)29-12-14-30(15-13-29)35(3,32)33/h4-9,16-17H,10-15H2,2-3H3. The monoisotopic (exact) mass is 490 g/mol. The fourth-order valence-electron chi connectivity index (χ4n) is 4.70. The molecule has 2 fully saturated rings. The zero-order chi connectivity index (χ0) is 24.8. The van der Waals surface area contributed by atoms with Crippen molar-refractivity contribution in [3.63, 3.8) is 0 Å². The van der Waals surface area contributed by atoms with E-state index in [1.54, 1.807) is 18.2 Å². The molecule has 8 nitrogen and oxygen atoms in total. The van der Waals surface area contributed by atoms with E-state index in [2.05, 4.69) is 9.83 Å². The van der Waals surface area contributed by atoms with E-state index < -0.39 is 15.6 Å². The largest absolute Gasteiger partial charge is 0.497 e. The number of hydrogen-bond acceptors (Lipinski definition) is 5. The van der Waals surface area contributed by atoms with Gasteiger partial charge in [-0.05, 0) is 17.7 Å². The molecule has 1 aromatic heterocycles.